The Balaban J connectivity index is 0.000000647. The molecule has 0 unspecified atom stereocenters. The number of aromatic nitrogens is 3. The lowest BCUT2D eigenvalue weighted by atomic mass is 10.2. The molecular formula is C15H12ClF4N3O. The zero-order valence-electron chi connectivity index (χ0n) is 12.7. The van der Waals surface area contributed by atoms with Gasteiger partial charge in [0, 0.05) is 11.2 Å². The summed E-state index contributed by atoms with van der Waals surface area (Å²) in [6.45, 7) is 1.60. The monoisotopic (exact) mass is 361 g/mol. The van der Waals surface area contributed by atoms with Crippen molar-refractivity contribution in [2.75, 3.05) is 6.93 Å². The molecule has 2 aromatic heterocycles. The fraction of sp³-hybridized carbons (Fsp3) is 0.200. The summed E-state index contributed by atoms with van der Waals surface area (Å²) >= 11 is 5.85. The van der Waals surface area contributed by atoms with Crippen LogP contribution in [0.3, 0.4) is 0 Å². The molecule has 128 valence electrons. The van der Waals surface area contributed by atoms with E-state index >= 15 is 0 Å². The summed E-state index contributed by atoms with van der Waals surface area (Å²) in [5.74, 6) is -1.42. The van der Waals surface area contributed by atoms with Crippen molar-refractivity contribution in [1.82, 2.24) is 14.0 Å². The molecule has 0 bridgehead atoms. The van der Waals surface area contributed by atoms with Gasteiger partial charge >= 0.3 is 0 Å². The number of alkyl halides is 2. The number of aryl methyl sites for hydroxylation is 2. The van der Waals surface area contributed by atoms with Crippen LogP contribution in [0.5, 0.6) is 0 Å². The fourth-order valence-corrected chi connectivity index (χ4v) is 2.32. The zero-order valence-corrected chi connectivity index (χ0v) is 13.4. The van der Waals surface area contributed by atoms with Crippen LogP contribution in [0.15, 0.2) is 29.2 Å². The second kappa shape index (κ2) is 7.04. The highest BCUT2D eigenvalue weighted by molar-refractivity contribution is 6.31. The Morgan fingerprint density at radius 1 is 1.17 bits per heavy atom. The molecule has 0 aliphatic carbocycles. The summed E-state index contributed by atoms with van der Waals surface area (Å²) in [7, 11) is 0. The number of hydrogen-bond acceptors (Lipinski definition) is 2. The predicted octanol–water partition coefficient (Wildman–Crippen LogP) is 3.92. The third kappa shape index (κ3) is 3.28. The molecule has 3 rings (SSSR count). The summed E-state index contributed by atoms with van der Waals surface area (Å²) in [6, 6.07) is 3.34. The molecule has 0 N–H and O–H groups in total. The molecule has 24 heavy (non-hydrogen) atoms. The lowest BCUT2D eigenvalue weighted by Gasteiger charge is -2.10. The molecule has 1 aromatic carbocycles. The van der Waals surface area contributed by atoms with Gasteiger partial charge in [0.15, 0.2) is 0 Å². The number of rotatable bonds is 1. The standard InChI is InChI=1S/C14H10ClF2N3O.CH2F2/c1-7-3-11(10(16)4-9(7)15)20-13(21)5-12(17)19-6-8(2)18-14(19)20;2-1-3/h3-6H,1-2H3;1H2. The molecule has 3 aromatic rings. The van der Waals surface area contributed by atoms with Crippen molar-refractivity contribution in [3.63, 3.8) is 0 Å². The lowest BCUT2D eigenvalue weighted by Crippen LogP contribution is -2.22. The molecule has 0 spiro atoms. The van der Waals surface area contributed by atoms with E-state index in [4.69, 9.17) is 11.6 Å². The van der Waals surface area contributed by atoms with Gasteiger partial charge in [-0.2, -0.15) is 4.39 Å². The third-order valence-electron chi connectivity index (χ3n) is 3.17. The Hall–Kier alpha value is -2.35. The third-order valence-corrected chi connectivity index (χ3v) is 3.58. The Morgan fingerprint density at radius 2 is 1.79 bits per heavy atom. The van der Waals surface area contributed by atoms with Crippen LogP contribution in [0.1, 0.15) is 11.3 Å². The van der Waals surface area contributed by atoms with Gasteiger partial charge < -0.3 is 0 Å². The van der Waals surface area contributed by atoms with E-state index in [0.29, 0.717) is 11.3 Å². The highest BCUT2D eigenvalue weighted by Gasteiger charge is 2.16. The minimum absolute atomic E-state index is 0.0122. The molecular weight excluding hydrogens is 350 g/mol. The largest absolute Gasteiger partial charge is 0.269 e. The van der Waals surface area contributed by atoms with Gasteiger partial charge in [0.2, 0.25) is 18.7 Å². The van der Waals surface area contributed by atoms with Crippen LogP contribution in [-0.2, 0) is 0 Å². The minimum Gasteiger partial charge on any atom is -0.269 e. The van der Waals surface area contributed by atoms with Crippen LogP contribution in [-0.4, -0.2) is 20.9 Å². The van der Waals surface area contributed by atoms with Gasteiger partial charge in [-0.05, 0) is 31.5 Å². The van der Waals surface area contributed by atoms with E-state index < -0.39 is 24.3 Å². The Kier molecular flexibility index (Phi) is 5.28. The first-order valence-electron chi connectivity index (χ1n) is 6.65. The lowest BCUT2D eigenvalue weighted by molar-refractivity contribution is 0.295. The van der Waals surface area contributed by atoms with Crippen LogP contribution in [0.4, 0.5) is 17.6 Å². The SMILES string of the molecule is Cc1cn2c(F)cc(=O)n(-c3cc(C)c(Cl)cc3F)c2n1.FCF. The first-order chi connectivity index (χ1) is 11.3. The molecule has 0 saturated carbocycles. The summed E-state index contributed by atoms with van der Waals surface area (Å²) < 4.78 is 49.3. The summed E-state index contributed by atoms with van der Waals surface area (Å²) in [4.78, 5) is 16.2. The van der Waals surface area contributed by atoms with Crippen LogP contribution in [0, 0.1) is 25.6 Å². The van der Waals surface area contributed by atoms with E-state index in [1.807, 2.05) is 0 Å². The van der Waals surface area contributed by atoms with Gasteiger partial charge in [0.05, 0.1) is 17.4 Å². The molecule has 0 radical (unpaired) electrons. The van der Waals surface area contributed by atoms with Crippen LogP contribution < -0.4 is 5.56 Å². The molecule has 2 heterocycles. The number of halogens is 5. The maximum absolute atomic E-state index is 14.2. The van der Waals surface area contributed by atoms with Crippen molar-refractivity contribution in [2.45, 2.75) is 13.8 Å². The smallest absolute Gasteiger partial charge is 0.262 e. The summed E-state index contributed by atoms with van der Waals surface area (Å²) in [5, 5.41) is 0.252. The summed E-state index contributed by atoms with van der Waals surface area (Å²) in [5.41, 5.74) is 0.397. The van der Waals surface area contributed by atoms with Crippen LogP contribution >= 0.6 is 11.6 Å². The van der Waals surface area contributed by atoms with Crippen molar-refractivity contribution in [3.05, 3.63) is 62.8 Å². The maximum atomic E-state index is 14.2. The van der Waals surface area contributed by atoms with E-state index in [-0.39, 0.29) is 16.5 Å². The summed E-state index contributed by atoms with van der Waals surface area (Å²) in [6.07, 6.45) is 1.43. The predicted molar refractivity (Wildman–Crippen MR) is 82.3 cm³/mol. The van der Waals surface area contributed by atoms with Crippen LogP contribution in [0.2, 0.25) is 5.02 Å². The van der Waals surface area contributed by atoms with Gasteiger partial charge in [-0.1, -0.05) is 11.6 Å². The van der Waals surface area contributed by atoms with E-state index in [9.17, 15) is 22.4 Å². The quantitative estimate of drug-likeness (QED) is 0.487. The Labute approximate surface area is 138 Å². The molecule has 9 heteroatoms. The first-order valence-corrected chi connectivity index (χ1v) is 7.03. The number of benzene rings is 1. The highest BCUT2D eigenvalue weighted by Crippen LogP contribution is 2.23. The van der Waals surface area contributed by atoms with Crippen molar-refractivity contribution >= 4 is 17.4 Å². The molecule has 0 fully saturated rings. The number of fused-ring (bicyclic) bond motifs is 1. The van der Waals surface area contributed by atoms with E-state index in [0.717, 1.165) is 21.1 Å². The maximum Gasteiger partial charge on any atom is 0.262 e. The molecule has 0 amide bonds. The Morgan fingerprint density at radius 3 is 2.42 bits per heavy atom. The molecule has 0 atom stereocenters. The van der Waals surface area contributed by atoms with Gasteiger partial charge in [0.1, 0.15) is 5.82 Å². The normalized spacial score (nSPS) is 10.6. The van der Waals surface area contributed by atoms with E-state index in [1.54, 1.807) is 13.8 Å². The minimum atomic E-state index is -1.75. The number of nitrogens with zero attached hydrogens (tertiary/aromatic N) is 3. The van der Waals surface area contributed by atoms with Crippen molar-refractivity contribution in [3.8, 4) is 5.69 Å². The van der Waals surface area contributed by atoms with Gasteiger partial charge in [0.25, 0.3) is 5.56 Å². The van der Waals surface area contributed by atoms with Gasteiger partial charge in [-0.15, -0.1) is 0 Å². The zero-order chi connectivity index (χ0) is 18.0. The van der Waals surface area contributed by atoms with Crippen LogP contribution in [0.25, 0.3) is 11.5 Å². The average molecular weight is 362 g/mol. The highest BCUT2D eigenvalue weighted by atomic mass is 35.5. The van der Waals surface area contributed by atoms with E-state index in [1.165, 1.54) is 12.3 Å². The number of imidazole rings is 1. The number of hydrogen-bond donors (Lipinski definition) is 0. The van der Waals surface area contributed by atoms with E-state index in [2.05, 4.69) is 4.98 Å². The van der Waals surface area contributed by atoms with Crippen molar-refractivity contribution in [2.24, 2.45) is 0 Å². The van der Waals surface area contributed by atoms with Gasteiger partial charge in [-0.25, -0.2) is 22.7 Å². The molecule has 0 aliphatic rings. The van der Waals surface area contributed by atoms with Gasteiger partial charge in [-0.3, -0.25) is 9.20 Å². The van der Waals surface area contributed by atoms with Crippen molar-refractivity contribution in [1.29, 1.82) is 0 Å². The molecule has 4 nitrogen and oxygen atoms in total. The topological polar surface area (TPSA) is 39.3 Å². The molecule has 0 aliphatic heterocycles. The molecule has 0 saturated heterocycles. The second-order valence-electron chi connectivity index (χ2n) is 4.85. The fourth-order valence-electron chi connectivity index (χ4n) is 2.17. The van der Waals surface area contributed by atoms with Crippen molar-refractivity contribution < 1.29 is 17.6 Å². The second-order valence-corrected chi connectivity index (χ2v) is 5.25. The average Bonchev–Trinajstić information content (AvgIpc) is 2.87. The Bertz CT molecular complexity index is 952. The first kappa shape index (κ1) is 18.0.